The third-order valence-electron chi connectivity index (χ3n) is 6.85. The van der Waals surface area contributed by atoms with Crippen molar-refractivity contribution in [1.82, 2.24) is 13.7 Å². The van der Waals surface area contributed by atoms with Crippen LogP contribution in [0.25, 0.3) is 27.8 Å². The molecule has 0 saturated heterocycles. The number of methoxy groups -OCH3 is 3. The Morgan fingerprint density at radius 1 is 0.800 bits per heavy atom. The van der Waals surface area contributed by atoms with E-state index in [1.165, 1.54) is 25.8 Å². The lowest BCUT2D eigenvalue weighted by Gasteiger charge is -2.18. The Morgan fingerprint density at radius 2 is 1.48 bits per heavy atom. The van der Waals surface area contributed by atoms with Crippen molar-refractivity contribution in [2.75, 3.05) is 26.6 Å². The SMILES string of the molecule is COc1ccc(-c2c3c(=O)n(C)c(=O)n(C)c3cn2-c2cc(OC)c(NC(=O)c3ccccc3)cc2OC)cc1. The van der Waals surface area contributed by atoms with E-state index in [0.29, 0.717) is 56.3 Å². The molecule has 1 amide bonds. The highest BCUT2D eigenvalue weighted by Gasteiger charge is 2.23. The molecular formula is C30H28N4O6. The molecule has 10 heteroatoms. The van der Waals surface area contributed by atoms with Gasteiger partial charge in [-0.3, -0.25) is 18.7 Å². The first kappa shape index (κ1) is 26.4. The van der Waals surface area contributed by atoms with Gasteiger partial charge >= 0.3 is 5.69 Å². The first-order valence-electron chi connectivity index (χ1n) is 12.4. The van der Waals surface area contributed by atoms with Gasteiger partial charge in [-0.25, -0.2) is 4.79 Å². The maximum absolute atomic E-state index is 13.5. The Morgan fingerprint density at radius 3 is 2.10 bits per heavy atom. The zero-order valence-corrected chi connectivity index (χ0v) is 22.7. The molecule has 0 unspecified atom stereocenters. The van der Waals surface area contributed by atoms with Crippen molar-refractivity contribution in [3.05, 3.63) is 99.3 Å². The van der Waals surface area contributed by atoms with Crippen molar-refractivity contribution < 1.29 is 19.0 Å². The number of carbonyl (C=O) groups excluding carboxylic acids is 1. The first-order chi connectivity index (χ1) is 19.3. The lowest BCUT2D eigenvalue weighted by Crippen LogP contribution is -2.36. The minimum absolute atomic E-state index is 0.308. The smallest absolute Gasteiger partial charge is 0.330 e. The van der Waals surface area contributed by atoms with Gasteiger partial charge in [-0.15, -0.1) is 0 Å². The summed E-state index contributed by atoms with van der Waals surface area (Å²) in [6, 6.07) is 19.5. The molecule has 0 aliphatic rings. The van der Waals surface area contributed by atoms with Gasteiger partial charge in [-0.1, -0.05) is 18.2 Å². The molecule has 0 aliphatic carbocycles. The van der Waals surface area contributed by atoms with Crippen molar-refractivity contribution in [2.45, 2.75) is 0 Å². The summed E-state index contributed by atoms with van der Waals surface area (Å²) < 4.78 is 21.0. The van der Waals surface area contributed by atoms with Crippen molar-refractivity contribution in [1.29, 1.82) is 0 Å². The second kappa shape index (κ2) is 10.5. The van der Waals surface area contributed by atoms with Crippen LogP contribution in [-0.2, 0) is 14.1 Å². The molecule has 0 aliphatic heterocycles. The number of benzene rings is 3. The van der Waals surface area contributed by atoms with Crippen molar-refractivity contribution >= 4 is 22.5 Å². The quantitative estimate of drug-likeness (QED) is 0.335. The maximum Gasteiger partial charge on any atom is 0.330 e. The van der Waals surface area contributed by atoms with Gasteiger partial charge in [0.15, 0.2) is 0 Å². The van der Waals surface area contributed by atoms with Crippen LogP contribution in [-0.4, -0.2) is 40.9 Å². The third-order valence-corrected chi connectivity index (χ3v) is 6.85. The fourth-order valence-corrected chi connectivity index (χ4v) is 4.71. The Labute approximate surface area is 229 Å². The van der Waals surface area contributed by atoms with E-state index in [1.807, 2.05) is 18.2 Å². The Balaban J connectivity index is 1.77. The Bertz CT molecular complexity index is 1850. The molecule has 0 atom stereocenters. The van der Waals surface area contributed by atoms with Gasteiger partial charge in [0.2, 0.25) is 0 Å². The molecule has 2 heterocycles. The molecule has 0 fully saturated rings. The van der Waals surface area contributed by atoms with Crippen LogP contribution in [0.2, 0.25) is 0 Å². The van der Waals surface area contributed by atoms with E-state index < -0.39 is 11.2 Å². The molecule has 0 spiro atoms. The summed E-state index contributed by atoms with van der Waals surface area (Å²) in [5.74, 6) is 1.13. The number of nitrogens with one attached hydrogen (secondary N) is 1. The highest BCUT2D eigenvalue weighted by atomic mass is 16.5. The number of carbonyl (C=O) groups is 1. The summed E-state index contributed by atoms with van der Waals surface area (Å²) in [6.45, 7) is 0. The predicted molar refractivity (Wildman–Crippen MR) is 153 cm³/mol. The Hall–Kier alpha value is -5.25. The summed E-state index contributed by atoms with van der Waals surface area (Å²) >= 11 is 0. The highest BCUT2D eigenvalue weighted by Crippen LogP contribution is 2.40. The van der Waals surface area contributed by atoms with Gasteiger partial charge in [-0.2, -0.15) is 0 Å². The van der Waals surface area contributed by atoms with Gasteiger partial charge in [0.1, 0.15) is 17.2 Å². The van der Waals surface area contributed by atoms with Crippen LogP contribution in [0.5, 0.6) is 17.2 Å². The molecule has 1 N–H and O–H groups in total. The summed E-state index contributed by atoms with van der Waals surface area (Å²) in [5, 5.41) is 3.24. The van der Waals surface area contributed by atoms with Gasteiger partial charge < -0.3 is 24.1 Å². The summed E-state index contributed by atoms with van der Waals surface area (Å²) in [7, 11) is 7.66. The van der Waals surface area contributed by atoms with Gasteiger partial charge in [0.25, 0.3) is 11.5 Å². The second-order valence-electron chi connectivity index (χ2n) is 9.09. The van der Waals surface area contributed by atoms with E-state index in [0.717, 1.165) is 4.57 Å². The summed E-state index contributed by atoms with van der Waals surface area (Å²) in [6.07, 6.45) is 1.72. The molecule has 204 valence electrons. The van der Waals surface area contributed by atoms with Crippen LogP contribution in [0.1, 0.15) is 10.4 Å². The first-order valence-corrected chi connectivity index (χ1v) is 12.4. The fraction of sp³-hybridized carbons (Fsp3) is 0.167. The van der Waals surface area contributed by atoms with Gasteiger partial charge in [-0.05, 0) is 42.0 Å². The van der Waals surface area contributed by atoms with Crippen molar-refractivity contribution in [3.63, 3.8) is 0 Å². The Kier molecular flexibility index (Phi) is 6.91. The number of amides is 1. The van der Waals surface area contributed by atoms with E-state index >= 15 is 0 Å². The number of rotatable bonds is 7. The predicted octanol–water partition coefficient (Wildman–Crippen LogP) is 3.97. The molecule has 5 rings (SSSR count). The lowest BCUT2D eigenvalue weighted by molar-refractivity contribution is 0.102. The number of aryl methyl sites for hydroxylation is 1. The van der Waals surface area contributed by atoms with Crippen LogP contribution >= 0.6 is 0 Å². The average Bonchev–Trinajstić information content (AvgIpc) is 3.39. The van der Waals surface area contributed by atoms with Gasteiger partial charge in [0, 0.05) is 38.0 Å². The number of hydrogen-bond acceptors (Lipinski definition) is 6. The zero-order chi connectivity index (χ0) is 28.6. The van der Waals surface area contributed by atoms with E-state index in [2.05, 4.69) is 5.32 Å². The molecule has 0 radical (unpaired) electrons. The molecule has 0 bridgehead atoms. The number of ether oxygens (including phenoxy) is 3. The van der Waals surface area contributed by atoms with Crippen LogP contribution < -0.4 is 30.8 Å². The maximum atomic E-state index is 13.5. The third kappa shape index (κ3) is 4.39. The standard InChI is InChI=1S/C30H28N4O6/c1-32-23-17-34(27(18-11-13-20(38-3)14-12-18)26(23)29(36)33(2)30(32)37)22-16-24(39-4)21(15-25(22)40-5)31-28(35)19-9-7-6-8-10-19/h6-17H,1-5H3,(H,31,35). The number of aromatic nitrogens is 3. The molecular weight excluding hydrogens is 512 g/mol. The highest BCUT2D eigenvalue weighted by molar-refractivity contribution is 6.05. The molecule has 10 nitrogen and oxygen atoms in total. The lowest BCUT2D eigenvalue weighted by atomic mass is 10.1. The van der Waals surface area contributed by atoms with Crippen LogP contribution in [0.15, 0.2) is 82.5 Å². The summed E-state index contributed by atoms with van der Waals surface area (Å²) in [5.41, 5.74) is 2.27. The molecule has 40 heavy (non-hydrogen) atoms. The molecule has 3 aromatic carbocycles. The van der Waals surface area contributed by atoms with Crippen molar-refractivity contribution in [2.24, 2.45) is 14.1 Å². The van der Waals surface area contributed by atoms with E-state index in [9.17, 15) is 14.4 Å². The largest absolute Gasteiger partial charge is 0.497 e. The van der Waals surface area contributed by atoms with Crippen LogP contribution in [0.3, 0.4) is 0 Å². The fourth-order valence-electron chi connectivity index (χ4n) is 4.71. The normalized spacial score (nSPS) is 10.9. The molecule has 2 aromatic heterocycles. The van der Waals surface area contributed by atoms with Crippen molar-refractivity contribution in [3.8, 4) is 34.2 Å². The number of hydrogen-bond donors (Lipinski definition) is 1. The van der Waals surface area contributed by atoms with Gasteiger partial charge in [0.05, 0.1) is 49.3 Å². The van der Waals surface area contributed by atoms with E-state index in [1.54, 1.807) is 73.5 Å². The topological polar surface area (TPSA) is 106 Å². The van der Waals surface area contributed by atoms with Crippen LogP contribution in [0, 0.1) is 0 Å². The minimum atomic E-state index is -0.445. The van der Waals surface area contributed by atoms with E-state index in [-0.39, 0.29) is 5.91 Å². The number of anilines is 1. The number of fused-ring (bicyclic) bond motifs is 1. The number of nitrogens with zero attached hydrogens (tertiary/aromatic N) is 3. The van der Waals surface area contributed by atoms with Crippen LogP contribution in [0.4, 0.5) is 5.69 Å². The summed E-state index contributed by atoms with van der Waals surface area (Å²) in [4.78, 5) is 39.1. The zero-order valence-electron chi connectivity index (χ0n) is 22.7. The average molecular weight is 541 g/mol. The van der Waals surface area contributed by atoms with E-state index in [4.69, 9.17) is 14.2 Å². The monoisotopic (exact) mass is 540 g/mol. The molecule has 5 aromatic rings. The second-order valence-corrected chi connectivity index (χ2v) is 9.09. The molecule has 0 saturated carbocycles. The minimum Gasteiger partial charge on any atom is -0.497 e.